The Labute approximate surface area is 93.6 Å². The fraction of sp³-hybridized carbons (Fsp3) is 0.273. The molecule has 16 heavy (non-hydrogen) atoms. The van der Waals surface area contributed by atoms with E-state index in [1.54, 1.807) is 6.07 Å². The number of carbonyl (C=O) groups is 1. The smallest absolute Gasteiger partial charge is 0.317 e. The summed E-state index contributed by atoms with van der Waals surface area (Å²) in [6.07, 6.45) is 1.57. The lowest BCUT2D eigenvalue weighted by Crippen LogP contribution is -1.97. The van der Waals surface area contributed by atoms with Gasteiger partial charge in [-0.3, -0.25) is 4.79 Å². The molecule has 0 radical (unpaired) electrons. The van der Waals surface area contributed by atoms with Crippen LogP contribution in [0.15, 0.2) is 12.3 Å². The van der Waals surface area contributed by atoms with Gasteiger partial charge in [-0.05, 0) is 6.07 Å². The molecule has 2 N–H and O–H groups in total. The third kappa shape index (κ3) is 3.17. The zero-order valence-electron chi connectivity index (χ0n) is 9.11. The molecule has 0 unspecified atom stereocenters. The van der Waals surface area contributed by atoms with Gasteiger partial charge in [0, 0.05) is 11.8 Å². The molecule has 0 spiro atoms. The third-order valence-electron chi connectivity index (χ3n) is 1.77. The third-order valence-corrected chi connectivity index (χ3v) is 1.77. The van der Waals surface area contributed by atoms with E-state index in [0.29, 0.717) is 17.1 Å². The number of nitrogens with zero attached hydrogens (tertiary/aromatic N) is 1. The van der Waals surface area contributed by atoms with Crippen molar-refractivity contribution < 1.29 is 14.3 Å². The maximum atomic E-state index is 10.8. The monoisotopic (exact) mass is 220 g/mol. The molecular formula is C11H12N2O3. The van der Waals surface area contributed by atoms with Gasteiger partial charge in [0.25, 0.3) is 0 Å². The normalized spacial score (nSPS) is 8.88. The average molecular weight is 220 g/mol. The lowest BCUT2D eigenvalue weighted by atomic mass is 10.2. The highest BCUT2D eigenvalue weighted by Crippen LogP contribution is 2.17. The van der Waals surface area contributed by atoms with Crippen molar-refractivity contribution >= 4 is 11.7 Å². The molecule has 0 amide bonds. The van der Waals surface area contributed by atoms with Gasteiger partial charge in [-0.15, -0.1) is 0 Å². The van der Waals surface area contributed by atoms with Crippen molar-refractivity contribution in [2.75, 3.05) is 20.0 Å². The maximum absolute atomic E-state index is 10.8. The van der Waals surface area contributed by atoms with Gasteiger partial charge in [0.1, 0.15) is 6.42 Å². The van der Waals surface area contributed by atoms with Crippen LogP contribution in [-0.4, -0.2) is 25.2 Å². The zero-order valence-corrected chi connectivity index (χ0v) is 9.11. The molecule has 0 aliphatic carbocycles. The number of pyridine rings is 1. The van der Waals surface area contributed by atoms with Gasteiger partial charge in [0.05, 0.1) is 19.9 Å². The molecule has 0 aliphatic rings. The molecule has 5 heteroatoms. The first-order valence-corrected chi connectivity index (χ1v) is 4.52. The van der Waals surface area contributed by atoms with Crippen LogP contribution in [0.4, 0.5) is 5.69 Å². The van der Waals surface area contributed by atoms with Crippen molar-refractivity contribution in [3.8, 4) is 17.7 Å². The van der Waals surface area contributed by atoms with E-state index in [9.17, 15) is 4.79 Å². The highest BCUT2D eigenvalue weighted by molar-refractivity contribution is 5.72. The standard InChI is InChI=1S/C11H12N2O3/c1-15-10(14)5-3-4-8-6-9(12)11(16-2)13-7-8/h6-7H,5,12H2,1-2H3. The van der Waals surface area contributed by atoms with Crippen molar-refractivity contribution in [3.63, 3.8) is 0 Å². The van der Waals surface area contributed by atoms with Gasteiger partial charge in [0.2, 0.25) is 5.88 Å². The minimum atomic E-state index is -0.373. The molecule has 0 aromatic carbocycles. The van der Waals surface area contributed by atoms with Gasteiger partial charge >= 0.3 is 5.97 Å². The van der Waals surface area contributed by atoms with Crippen molar-refractivity contribution in [3.05, 3.63) is 17.8 Å². The van der Waals surface area contributed by atoms with Crippen LogP contribution >= 0.6 is 0 Å². The Morgan fingerprint density at radius 3 is 2.88 bits per heavy atom. The Bertz CT molecular complexity index is 446. The van der Waals surface area contributed by atoms with Crippen LogP contribution in [0.25, 0.3) is 0 Å². The largest absolute Gasteiger partial charge is 0.480 e. The topological polar surface area (TPSA) is 74.4 Å². The van der Waals surface area contributed by atoms with Crippen molar-refractivity contribution in [2.45, 2.75) is 6.42 Å². The Kier molecular flexibility index (Phi) is 4.16. The number of hydrogen-bond acceptors (Lipinski definition) is 5. The highest BCUT2D eigenvalue weighted by Gasteiger charge is 2.00. The van der Waals surface area contributed by atoms with Crippen LogP contribution in [0.1, 0.15) is 12.0 Å². The lowest BCUT2D eigenvalue weighted by molar-refractivity contribution is -0.139. The predicted octanol–water partition coefficient (Wildman–Crippen LogP) is 0.587. The first-order chi connectivity index (χ1) is 7.67. The Morgan fingerprint density at radius 1 is 1.56 bits per heavy atom. The zero-order chi connectivity index (χ0) is 12.0. The van der Waals surface area contributed by atoms with E-state index in [1.165, 1.54) is 20.4 Å². The van der Waals surface area contributed by atoms with E-state index in [-0.39, 0.29) is 12.4 Å². The van der Waals surface area contributed by atoms with Gasteiger partial charge in [0.15, 0.2) is 0 Å². The maximum Gasteiger partial charge on any atom is 0.317 e. The predicted molar refractivity (Wildman–Crippen MR) is 58.7 cm³/mol. The van der Waals surface area contributed by atoms with Gasteiger partial charge in [-0.1, -0.05) is 11.8 Å². The number of rotatable bonds is 2. The summed E-state index contributed by atoms with van der Waals surface area (Å²) in [5.41, 5.74) is 6.68. The first kappa shape index (κ1) is 11.9. The quantitative estimate of drug-likeness (QED) is 0.583. The molecule has 0 bridgehead atoms. The second-order valence-electron chi connectivity index (χ2n) is 2.88. The van der Waals surface area contributed by atoms with Crippen LogP contribution in [0.3, 0.4) is 0 Å². The molecule has 0 aliphatic heterocycles. The molecule has 0 fully saturated rings. The fourth-order valence-corrected chi connectivity index (χ4v) is 0.999. The van der Waals surface area contributed by atoms with E-state index in [2.05, 4.69) is 21.6 Å². The molecule has 1 aromatic rings. The molecule has 5 nitrogen and oxygen atoms in total. The number of aromatic nitrogens is 1. The minimum absolute atomic E-state index is 0.0441. The Morgan fingerprint density at radius 2 is 2.31 bits per heavy atom. The highest BCUT2D eigenvalue weighted by atomic mass is 16.5. The van der Waals surface area contributed by atoms with Crippen molar-refractivity contribution in [1.82, 2.24) is 4.98 Å². The summed E-state index contributed by atoms with van der Waals surface area (Å²) >= 11 is 0. The first-order valence-electron chi connectivity index (χ1n) is 4.52. The molecule has 1 rings (SSSR count). The minimum Gasteiger partial charge on any atom is -0.480 e. The molecular weight excluding hydrogens is 208 g/mol. The second-order valence-corrected chi connectivity index (χ2v) is 2.88. The summed E-state index contributed by atoms with van der Waals surface area (Å²) < 4.78 is 9.35. The number of carbonyl (C=O) groups excluding carboxylic acids is 1. The average Bonchev–Trinajstić information content (AvgIpc) is 2.29. The van der Waals surface area contributed by atoms with Crippen LogP contribution in [0.5, 0.6) is 5.88 Å². The van der Waals surface area contributed by atoms with E-state index < -0.39 is 0 Å². The number of anilines is 1. The van der Waals surface area contributed by atoms with E-state index >= 15 is 0 Å². The Hall–Kier alpha value is -2.22. The molecule has 84 valence electrons. The van der Waals surface area contributed by atoms with Crippen LogP contribution in [0, 0.1) is 11.8 Å². The van der Waals surface area contributed by atoms with Crippen molar-refractivity contribution in [1.29, 1.82) is 0 Å². The number of ether oxygens (including phenoxy) is 2. The number of esters is 1. The Balaban J connectivity index is 2.75. The number of hydrogen-bond donors (Lipinski definition) is 1. The molecule has 1 heterocycles. The number of nitrogen functional groups attached to an aromatic ring is 1. The van der Waals surface area contributed by atoms with Gasteiger partial charge < -0.3 is 15.2 Å². The fourth-order valence-electron chi connectivity index (χ4n) is 0.999. The van der Waals surface area contributed by atoms with Crippen LogP contribution in [-0.2, 0) is 9.53 Å². The summed E-state index contributed by atoms with van der Waals surface area (Å²) in [4.78, 5) is 14.7. The summed E-state index contributed by atoms with van der Waals surface area (Å²) in [7, 11) is 2.80. The van der Waals surface area contributed by atoms with Gasteiger partial charge in [-0.25, -0.2) is 4.98 Å². The van der Waals surface area contributed by atoms with E-state index in [4.69, 9.17) is 10.5 Å². The molecule has 0 saturated heterocycles. The second kappa shape index (κ2) is 5.61. The van der Waals surface area contributed by atoms with Crippen LogP contribution in [0.2, 0.25) is 0 Å². The van der Waals surface area contributed by atoms with Crippen molar-refractivity contribution in [2.24, 2.45) is 0 Å². The summed E-state index contributed by atoms with van der Waals surface area (Å²) in [6.45, 7) is 0. The molecule has 0 atom stereocenters. The van der Waals surface area contributed by atoms with E-state index in [0.717, 1.165) is 0 Å². The molecule has 1 aromatic heterocycles. The SMILES string of the molecule is COC(=O)CC#Cc1cnc(OC)c(N)c1. The van der Waals surface area contributed by atoms with E-state index in [1.807, 2.05) is 0 Å². The summed E-state index contributed by atoms with van der Waals surface area (Å²) in [5.74, 6) is 5.40. The number of nitrogens with two attached hydrogens (primary N) is 1. The molecule has 0 saturated carbocycles. The summed E-state index contributed by atoms with van der Waals surface area (Å²) in [5, 5.41) is 0. The number of methoxy groups -OCH3 is 2. The van der Waals surface area contributed by atoms with Crippen LogP contribution < -0.4 is 10.5 Å². The van der Waals surface area contributed by atoms with Gasteiger partial charge in [-0.2, -0.15) is 0 Å². The summed E-state index contributed by atoms with van der Waals surface area (Å²) in [6, 6.07) is 1.64. The lowest BCUT2D eigenvalue weighted by Gasteiger charge is -2.01.